The van der Waals surface area contributed by atoms with Crippen LogP contribution in [0.15, 0.2) is 36.4 Å². The topological polar surface area (TPSA) is 55.8 Å². The number of hydrogen-bond donors (Lipinski definition) is 1. The average molecular weight is 322 g/mol. The van der Waals surface area contributed by atoms with Crippen LogP contribution in [0.2, 0.25) is 0 Å². The fourth-order valence-corrected chi connectivity index (χ4v) is 1.90. The molecule has 0 bridgehead atoms. The van der Waals surface area contributed by atoms with Gasteiger partial charge in [0, 0.05) is 0 Å². The Hall–Kier alpha value is -2.63. The maximum Gasteiger partial charge on any atom is 0.339 e. The molecule has 0 fully saturated rings. The van der Waals surface area contributed by atoms with Crippen molar-refractivity contribution in [1.29, 1.82) is 0 Å². The molecule has 0 aliphatic carbocycles. The van der Waals surface area contributed by atoms with E-state index in [9.17, 15) is 18.7 Å². The first-order valence-corrected chi connectivity index (χ1v) is 7.15. The van der Waals surface area contributed by atoms with Gasteiger partial charge in [-0.2, -0.15) is 4.39 Å². The van der Waals surface area contributed by atoms with E-state index in [-0.39, 0.29) is 18.1 Å². The van der Waals surface area contributed by atoms with Crippen molar-refractivity contribution in [3.8, 4) is 17.2 Å². The van der Waals surface area contributed by atoms with Gasteiger partial charge in [0.2, 0.25) is 11.6 Å². The summed E-state index contributed by atoms with van der Waals surface area (Å²) in [7, 11) is 0. The maximum absolute atomic E-state index is 14.1. The smallest absolute Gasteiger partial charge is 0.339 e. The van der Waals surface area contributed by atoms with Crippen LogP contribution < -0.4 is 9.47 Å². The summed E-state index contributed by atoms with van der Waals surface area (Å²) in [5, 5.41) is 9.20. The van der Waals surface area contributed by atoms with Gasteiger partial charge < -0.3 is 14.6 Å². The van der Waals surface area contributed by atoms with Crippen molar-refractivity contribution < 1.29 is 28.2 Å². The molecular formula is C17H16F2O4. The normalized spacial score (nSPS) is 10.4. The van der Waals surface area contributed by atoms with Crippen LogP contribution in [0.25, 0.3) is 0 Å². The molecule has 4 nitrogen and oxygen atoms in total. The summed E-state index contributed by atoms with van der Waals surface area (Å²) in [6, 6.07) is 8.72. The second kappa shape index (κ2) is 7.58. The molecule has 122 valence electrons. The first kappa shape index (κ1) is 16.7. The van der Waals surface area contributed by atoms with Crippen LogP contribution in [0.3, 0.4) is 0 Å². The molecule has 23 heavy (non-hydrogen) atoms. The summed E-state index contributed by atoms with van der Waals surface area (Å²) in [6.07, 6.45) is 1.45. The first-order chi connectivity index (χ1) is 11.0. The van der Waals surface area contributed by atoms with Gasteiger partial charge in [-0.15, -0.1) is 0 Å². The van der Waals surface area contributed by atoms with Crippen molar-refractivity contribution in [3.63, 3.8) is 0 Å². The highest BCUT2D eigenvalue weighted by Crippen LogP contribution is 2.39. The molecule has 0 aliphatic rings. The van der Waals surface area contributed by atoms with Gasteiger partial charge in [0.05, 0.1) is 6.61 Å². The monoisotopic (exact) mass is 322 g/mol. The Morgan fingerprint density at radius 1 is 1.17 bits per heavy atom. The van der Waals surface area contributed by atoms with Crippen LogP contribution in [0.5, 0.6) is 17.2 Å². The molecule has 0 spiro atoms. The predicted molar refractivity (Wildman–Crippen MR) is 80.2 cm³/mol. The van der Waals surface area contributed by atoms with Crippen LogP contribution in [0.4, 0.5) is 8.78 Å². The second-order valence-electron chi connectivity index (χ2n) is 4.80. The molecule has 0 heterocycles. The van der Waals surface area contributed by atoms with Crippen LogP contribution in [-0.2, 0) is 0 Å². The number of hydrogen-bond acceptors (Lipinski definition) is 3. The summed E-state index contributed by atoms with van der Waals surface area (Å²) < 4.78 is 38.5. The third-order valence-electron chi connectivity index (χ3n) is 3.07. The predicted octanol–water partition coefficient (Wildman–Crippen LogP) is 4.63. The van der Waals surface area contributed by atoms with E-state index in [0.29, 0.717) is 12.5 Å². The zero-order valence-corrected chi connectivity index (χ0v) is 12.5. The molecule has 0 radical (unpaired) electrons. The lowest BCUT2D eigenvalue weighted by Gasteiger charge is -2.16. The van der Waals surface area contributed by atoms with Crippen molar-refractivity contribution in [3.05, 3.63) is 53.6 Å². The Labute approximate surface area is 132 Å². The van der Waals surface area contributed by atoms with Gasteiger partial charge in [0.1, 0.15) is 11.3 Å². The van der Waals surface area contributed by atoms with Gasteiger partial charge in [-0.1, -0.05) is 31.5 Å². The molecular weight excluding hydrogens is 306 g/mol. The van der Waals surface area contributed by atoms with E-state index in [1.807, 2.05) is 6.92 Å². The highest BCUT2D eigenvalue weighted by molar-refractivity contribution is 5.92. The number of para-hydroxylation sites is 1. The Morgan fingerprint density at radius 3 is 2.48 bits per heavy atom. The Bertz CT molecular complexity index is 687. The molecule has 0 aromatic heterocycles. The van der Waals surface area contributed by atoms with E-state index in [4.69, 9.17) is 9.47 Å². The van der Waals surface area contributed by atoms with Gasteiger partial charge >= 0.3 is 5.97 Å². The largest absolute Gasteiger partial charge is 0.489 e. The van der Waals surface area contributed by atoms with Crippen molar-refractivity contribution in [2.75, 3.05) is 6.61 Å². The van der Waals surface area contributed by atoms with Gasteiger partial charge in [-0.05, 0) is 24.6 Å². The molecule has 0 aliphatic heterocycles. The number of aromatic carboxylic acids is 1. The summed E-state index contributed by atoms with van der Waals surface area (Å²) in [4.78, 5) is 11.3. The highest BCUT2D eigenvalue weighted by Gasteiger charge is 2.25. The Kier molecular flexibility index (Phi) is 5.51. The van der Waals surface area contributed by atoms with Crippen molar-refractivity contribution >= 4 is 5.97 Å². The molecule has 0 amide bonds. The zero-order chi connectivity index (χ0) is 16.8. The number of rotatable bonds is 7. The Balaban J connectivity index is 2.49. The van der Waals surface area contributed by atoms with E-state index in [2.05, 4.69) is 0 Å². The maximum atomic E-state index is 14.1. The van der Waals surface area contributed by atoms with Crippen LogP contribution in [0, 0.1) is 11.6 Å². The van der Waals surface area contributed by atoms with Gasteiger partial charge in [0.15, 0.2) is 11.6 Å². The van der Waals surface area contributed by atoms with Gasteiger partial charge in [-0.3, -0.25) is 0 Å². The summed E-state index contributed by atoms with van der Waals surface area (Å²) in [5.74, 6) is -4.65. The van der Waals surface area contributed by atoms with Crippen molar-refractivity contribution in [2.45, 2.75) is 19.8 Å². The fraction of sp³-hybridized carbons (Fsp3) is 0.235. The Morgan fingerprint density at radius 2 is 1.87 bits per heavy atom. The van der Waals surface area contributed by atoms with Crippen LogP contribution in [0.1, 0.15) is 30.1 Å². The summed E-state index contributed by atoms with van der Waals surface area (Å²) in [6.45, 7) is 2.10. The minimum atomic E-state index is -1.42. The molecule has 2 rings (SSSR count). The fourth-order valence-electron chi connectivity index (χ4n) is 1.90. The number of unbranched alkanes of at least 4 members (excludes halogenated alkanes) is 1. The quantitative estimate of drug-likeness (QED) is 0.755. The minimum Gasteiger partial charge on any atom is -0.489 e. The zero-order valence-electron chi connectivity index (χ0n) is 12.5. The molecule has 2 aromatic rings. The molecule has 2 aromatic carbocycles. The highest BCUT2D eigenvalue weighted by atomic mass is 19.2. The molecule has 6 heteroatoms. The number of carboxylic acid groups (broad SMARTS) is 1. The standard InChI is InChI=1S/C17H16F2O4/c1-2-3-9-22-15-12(17(20)21)10-13(18)14(19)16(15)23-11-7-5-4-6-8-11/h4-8,10H,2-3,9H2,1H3,(H,20,21). The number of benzene rings is 2. The SMILES string of the molecule is CCCCOc1c(C(=O)O)cc(F)c(F)c1Oc1ccccc1. The van der Waals surface area contributed by atoms with Crippen molar-refractivity contribution in [1.82, 2.24) is 0 Å². The van der Waals surface area contributed by atoms with E-state index >= 15 is 0 Å². The number of halogens is 2. The van der Waals surface area contributed by atoms with Crippen LogP contribution in [-0.4, -0.2) is 17.7 Å². The van der Waals surface area contributed by atoms with E-state index in [0.717, 1.165) is 6.42 Å². The lowest BCUT2D eigenvalue weighted by molar-refractivity contribution is 0.0690. The van der Waals surface area contributed by atoms with Crippen LogP contribution >= 0.6 is 0 Å². The second-order valence-corrected chi connectivity index (χ2v) is 4.80. The average Bonchev–Trinajstić information content (AvgIpc) is 2.54. The minimum absolute atomic E-state index is 0.174. The molecule has 0 saturated carbocycles. The lowest BCUT2D eigenvalue weighted by Crippen LogP contribution is -2.08. The molecule has 0 unspecified atom stereocenters. The van der Waals surface area contributed by atoms with Gasteiger partial charge in [-0.25, -0.2) is 9.18 Å². The summed E-state index contributed by atoms with van der Waals surface area (Å²) >= 11 is 0. The molecule has 0 saturated heterocycles. The first-order valence-electron chi connectivity index (χ1n) is 7.15. The number of ether oxygens (including phenoxy) is 2. The summed E-state index contributed by atoms with van der Waals surface area (Å²) in [5.41, 5.74) is -0.481. The van der Waals surface area contributed by atoms with E-state index < -0.39 is 28.9 Å². The van der Waals surface area contributed by atoms with Gasteiger partial charge in [0.25, 0.3) is 0 Å². The number of carbonyl (C=O) groups is 1. The van der Waals surface area contributed by atoms with Crippen molar-refractivity contribution in [2.24, 2.45) is 0 Å². The number of carboxylic acids is 1. The van der Waals surface area contributed by atoms with E-state index in [1.54, 1.807) is 30.3 Å². The molecule has 0 atom stereocenters. The third kappa shape index (κ3) is 3.97. The third-order valence-corrected chi connectivity index (χ3v) is 3.07. The van der Waals surface area contributed by atoms with E-state index in [1.165, 1.54) is 0 Å². The molecule has 1 N–H and O–H groups in total. The lowest BCUT2D eigenvalue weighted by atomic mass is 10.1.